The number of esters is 2. The van der Waals surface area contributed by atoms with Crippen LogP contribution in [-0.4, -0.2) is 102 Å². The van der Waals surface area contributed by atoms with Gasteiger partial charge in [-0.15, -0.1) is 0 Å². The average Bonchev–Trinajstić information content (AvgIpc) is 3.52. The standard InChI is InChI=1S/C50H67N5O8/c1-33-38(24-51-55(33)32-49-27-47(8)26-48(9,28-49)30-50(29-47,31-49)61-21-20-59-11)36-15-16-40(52-41(36)43(57)62-45(2,3)4)54-19-17-35-22-34(23-37(39(35)25-54)42(56)60-12)14-13-18-53(10)44(58)63-46(5,6)7/h15-16,22-24H,17-21,25-32H2,1-12H3. The van der Waals surface area contributed by atoms with Crippen LogP contribution in [0.15, 0.2) is 30.5 Å². The van der Waals surface area contributed by atoms with Crippen LogP contribution in [0, 0.1) is 35.0 Å². The zero-order chi connectivity index (χ0) is 45.8. The van der Waals surface area contributed by atoms with E-state index in [-0.39, 0.29) is 34.1 Å². The molecule has 3 aromatic rings. The van der Waals surface area contributed by atoms with E-state index < -0.39 is 29.2 Å². The molecular formula is C50H67N5O8. The molecule has 2 aromatic heterocycles. The van der Waals surface area contributed by atoms with Crippen molar-refractivity contribution < 1.29 is 38.1 Å². The lowest BCUT2D eigenvalue weighted by molar-refractivity contribution is -0.250. The lowest BCUT2D eigenvalue weighted by Gasteiger charge is -2.69. The summed E-state index contributed by atoms with van der Waals surface area (Å²) in [7, 11) is 4.72. The second kappa shape index (κ2) is 16.9. The highest BCUT2D eigenvalue weighted by atomic mass is 16.6. The van der Waals surface area contributed by atoms with Gasteiger partial charge in [0.25, 0.3) is 0 Å². The van der Waals surface area contributed by atoms with Crippen molar-refractivity contribution in [1.82, 2.24) is 19.7 Å². The number of ether oxygens (including phenoxy) is 5. The lowest BCUT2D eigenvalue weighted by atomic mass is 9.39. The molecule has 3 heterocycles. The Morgan fingerprint density at radius 2 is 1.57 bits per heavy atom. The molecule has 2 unspecified atom stereocenters. The van der Waals surface area contributed by atoms with E-state index in [1.165, 1.54) is 18.4 Å². The molecule has 2 atom stereocenters. The second-order valence-electron chi connectivity index (χ2n) is 21.5. The van der Waals surface area contributed by atoms with E-state index in [0.29, 0.717) is 55.2 Å². The molecular weight excluding hydrogens is 799 g/mol. The van der Waals surface area contributed by atoms with Crippen LogP contribution in [0.5, 0.6) is 0 Å². The number of amides is 1. The van der Waals surface area contributed by atoms with E-state index in [9.17, 15) is 14.4 Å². The topological polar surface area (TPSA) is 135 Å². The Hall–Kier alpha value is -4.93. The zero-order valence-electron chi connectivity index (χ0n) is 39.6. The maximum Gasteiger partial charge on any atom is 0.410 e. The maximum absolute atomic E-state index is 14.1. The van der Waals surface area contributed by atoms with E-state index in [4.69, 9.17) is 33.8 Å². The van der Waals surface area contributed by atoms with Crippen molar-refractivity contribution in [2.45, 2.75) is 137 Å². The highest BCUT2D eigenvalue weighted by Crippen LogP contribution is 2.72. The number of carbonyl (C=O) groups is 3. The molecule has 1 aromatic carbocycles. The fraction of sp³-hybridized carbons (Fsp3) is 0.620. The van der Waals surface area contributed by atoms with Crippen molar-refractivity contribution in [2.75, 3.05) is 52.5 Å². The van der Waals surface area contributed by atoms with E-state index in [2.05, 4.69) is 42.2 Å². The molecule has 340 valence electrons. The van der Waals surface area contributed by atoms with Gasteiger partial charge >= 0.3 is 18.0 Å². The third kappa shape index (κ3) is 10.1. The number of anilines is 1. The van der Waals surface area contributed by atoms with E-state index in [0.717, 1.165) is 61.0 Å². The summed E-state index contributed by atoms with van der Waals surface area (Å²) in [6.07, 6.45) is 8.66. The number of fused-ring (bicyclic) bond motifs is 1. The monoisotopic (exact) mass is 865 g/mol. The van der Waals surface area contributed by atoms with Gasteiger partial charge in [-0.25, -0.2) is 19.4 Å². The molecule has 0 N–H and O–H groups in total. The molecule has 63 heavy (non-hydrogen) atoms. The minimum Gasteiger partial charge on any atom is -0.465 e. The van der Waals surface area contributed by atoms with E-state index >= 15 is 0 Å². The van der Waals surface area contributed by atoms with Crippen LogP contribution in [0.25, 0.3) is 11.1 Å². The highest BCUT2D eigenvalue weighted by molar-refractivity contribution is 5.96. The lowest BCUT2D eigenvalue weighted by Crippen LogP contribution is -2.64. The number of carbonyl (C=O) groups excluding carboxylic acids is 3. The molecule has 0 radical (unpaired) electrons. The third-order valence-corrected chi connectivity index (χ3v) is 13.0. The molecule has 0 saturated heterocycles. The molecule has 4 saturated carbocycles. The molecule has 13 heteroatoms. The van der Waals surface area contributed by atoms with Gasteiger partial charge in [-0.3, -0.25) is 4.68 Å². The van der Waals surface area contributed by atoms with Gasteiger partial charge in [-0.2, -0.15) is 5.10 Å². The Kier molecular flexibility index (Phi) is 12.4. The molecule has 13 nitrogen and oxygen atoms in total. The number of hydrogen-bond acceptors (Lipinski definition) is 11. The van der Waals surface area contributed by atoms with E-state index in [1.54, 1.807) is 20.2 Å². The summed E-state index contributed by atoms with van der Waals surface area (Å²) < 4.78 is 30.9. The molecule has 8 rings (SSSR count). The summed E-state index contributed by atoms with van der Waals surface area (Å²) in [5.74, 6) is 5.76. The zero-order valence-corrected chi connectivity index (χ0v) is 39.6. The number of benzene rings is 1. The summed E-state index contributed by atoms with van der Waals surface area (Å²) in [5, 5.41) is 5.00. The van der Waals surface area contributed by atoms with Gasteiger partial charge in [0, 0.05) is 56.2 Å². The molecule has 4 fully saturated rings. The van der Waals surface area contributed by atoms with Crippen molar-refractivity contribution in [1.29, 1.82) is 0 Å². The van der Waals surface area contributed by atoms with Crippen molar-refractivity contribution in [3.63, 3.8) is 0 Å². The first-order valence-electron chi connectivity index (χ1n) is 22.3. The Bertz CT molecular complexity index is 2310. The van der Waals surface area contributed by atoms with Crippen LogP contribution in [0.4, 0.5) is 10.6 Å². The number of hydrogen-bond donors (Lipinski definition) is 0. The van der Waals surface area contributed by atoms with Gasteiger partial charge in [0.15, 0.2) is 5.69 Å². The Morgan fingerprint density at radius 3 is 2.22 bits per heavy atom. The second-order valence-corrected chi connectivity index (χ2v) is 21.5. The van der Waals surface area contributed by atoms with Crippen LogP contribution >= 0.6 is 0 Å². The number of nitrogens with zero attached hydrogens (tertiary/aromatic N) is 5. The molecule has 4 aliphatic carbocycles. The highest BCUT2D eigenvalue weighted by Gasteiger charge is 2.66. The SMILES string of the molecule is COCCOC12CC3(C)CC(C)(CC(Cn4ncc(-c5ccc(N6CCc7cc(C#CCN(C)C(=O)OC(C)(C)C)cc(C(=O)OC)c7C6)nc5C(=O)OC(C)(C)C)c4C)(C3)C1)C2. The maximum atomic E-state index is 14.1. The summed E-state index contributed by atoms with van der Waals surface area (Å²) in [6, 6.07) is 7.61. The fourth-order valence-electron chi connectivity index (χ4n) is 11.9. The third-order valence-electron chi connectivity index (χ3n) is 13.0. The molecule has 1 amide bonds. The van der Waals surface area contributed by atoms with Gasteiger partial charge < -0.3 is 33.5 Å². The predicted octanol–water partition coefficient (Wildman–Crippen LogP) is 8.56. The van der Waals surface area contributed by atoms with Crippen LogP contribution < -0.4 is 4.90 Å². The van der Waals surface area contributed by atoms with Gasteiger partial charge in [-0.1, -0.05) is 25.7 Å². The minimum atomic E-state index is -0.748. The van der Waals surface area contributed by atoms with Gasteiger partial charge in [0.05, 0.1) is 44.2 Å². The normalized spacial score (nSPS) is 24.9. The summed E-state index contributed by atoms with van der Waals surface area (Å²) >= 11 is 0. The van der Waals surface area contributed by atoms with Gasteiger partial charge in [0.2, 0.25) is 0 Å². The number of methoxy groups -OCH3 is 2. The van der Waals surface area contributed by atoms with Crippen molar-refractivity contribution in [3.05, 3.63) is 64.1 Å². The molecule has 0 spiro atoms. The first-order valence-corrected chi connectivity index (χ1v) is 22.3. The summed E-state index contributed by atoms with van der Waals surface area (Å²) in [6.45, 7) is 21.1. The smallest absolute Gasteiger partial charge is 0.410 e. The van der Waals surface area contributed by atoms with Crippen LogP contribution in [0.2, 0.25) is 0 Å². The van der Waals surface area contributed by atoms with Crippen LogP contribution in [-0.2, 0) is 43.2 Å². The average molecular weight is 866 g/mol. The molecule has 5 aliphatic rings. The fourth-order valence-corrected chi connectivity index (χ4v) is 11.9. The van der Waals surface area contributed by atoms with Crippen molar-refractivity contribution in [2.24, 2.45) is 16.2 Å². The Labute approximate surface area is 373 Å². The Balaban J connectivity index is 1.16. The number of rotatable bonds is 11. The molecule has 4 bridgehead atoms. The van der Waals surface area contributed by atoms with Crippen LogP contribution in [0.1, 0.15) is 137 Å². The largest absolute Gasteiger partial charge is 0.465 e. The van der Waals surface area contributed by atoms with Crippen molar-refractivity contribution >= 4 is 23.8 Å². The number of pyridine rings is 1. The van der Waals surface area contributed by atoms with Gasteiger partial charge in [-0.05, 0) is 145 Å². The summed E-state index contributed by atoms with van der Waals surface area (Å²) in [4.78, 5) is 48.3. The summed E-state index contributed by atoms with van der Waals surface area (Å²) in [5.41, 5.74) is 4.44. The number of aromatic nitrogens is 3. The quantitative estimate of drug-likeness (QED) is 0.0795. The first kappa shape index (κ1) is 46.1. The van der Waals surface area contributed by atoms with Crippen molar-refractivity contribution in [3.8, 4) is 23.0 Å². The predicted molar refractivity (Wildman–Crippen MR) is 241 cm³/mol. The first-order chi connectivity index (χ1) is 29.5. The molecule has 1 aliphatic heterocycles. The van der Waals surface area contributed by atoms with E-state index in [1.807, 2.05) is 65.9 Å². The minimum absolute atomic E-state index is 0.0366. The Morgan fingerprint density at radius 1 is 0.873 bits per heavy atom. The van der Waals surface area contributed by atoms with Gasteiger partial charge in [0.1, 0.15) is 17.0 Å². The van der Waals surface area contributed by atoms with Crippen LogP contribution in [0.3, 0.4) is 0 Å².